The number of benzene rings is 1. The minimum Gasteiger partial charge on any atom is -0.337 e. The second-order valence-electron chi connectivity index (χ2n) is 6.85. The highest BCUT2D eigenvalue weighted by atomic mass is 32.2. The molecule has 3 aliphatic heterocycles. The van der Waals surface area contributed by atoms with Crippen molar-refractivity contribution in [3.8, 4) is 0 Å². The SMILES string of the molecule is CN1CCCC1C1CCCN1C(=O)C1Cc2ccccc2S1. The molecule has 0 N–H and O–H groups in total. The average molecular weight is 316 g/mol. The van der Waals surface area contributed by atoms with E-state index in [1.807, 2.05) is 0 Å². The first-order valence-electron chi connectivity index (χ1n) is 8.49. The van der Waals surface area contributed by atoms with Gasteiger partial charge >= 0.3 is 0 Å². The molecular weight excluding hydrogens is 292 g/mol. The molecule has 1 aromatic carbocycles. The number of thioether (sulfide) groups is 1. The van der Waals surface area contributed by atoms with Crippen molar-refractivity contribution in [1.29, 1.82) is 0 Å². The maximum atomic E-state index is 13.1. The molecule has 0 spiro atoms. The molecule has 0 aliphatic carbocycles. The van der Waals surface area contributed by atoms with E-state index in [0.29, 0.717) is 18.0 Å². The predicted octanol–water partition coefficient (Wildman–Crippen LogP) is 2.79. The fourth-order valence-electron chi connectivity index (χ4n) is 4.39. The molecule has 3 nitrogen and oxygen atoms in total. The predicted molar refractivity (Wildman–Crippen MR) is 90.2 cm³/mol. The molecule has 3 aliphatic rings. The van der Waals surface area contributed by atoms with Gasteiger partial charge in [0.2, 0.25) is 5.91 Å². The van der Waals surface area contributed by atoms with Crippen LogP contribution in [0.1, 0.15) is 31.2 Å². The first-order chi connectivity index (χ1) is 10.7. The van der Waals surface area contributed by atoms with E-state index in [9.17, 15) is 4.79 Å². The first kappa shape index (κ1) is 14.6. The molecule has 0 bridgehead atoms. The summed E-state index contributed by atoms with van der Waals surface area (Å²) in [5.41, 5.74) is 1.35. The molecule has 3 unspecified atom stereocenters. The largest absolute Gasteiger partial charge is 0.337 e. The number of carbonyl (C=O) groups excluding carboxylic acids is 1. The highest BCUT2D eigenvalue weighted by molar-refractivity contribution is 8.01. The Labute approximate surface area is 137 Å². The molecule has 0 saturated carbocycles. The van der Waals surface area contributed by atoms with Gasteiger partial charge in [-0.2, -0.15) is 0 Å². The molecule has 2 fully saturated rings. The third-order valence-corrected chi connectivity index (χ3v) is 6.83. The smallest absolute Gasteiger partial charge is 0.236 e. The number of fused-ring (bicyclic) bond motifs is 1. The minimum absolute atomic E-state index is 0.102. The van der Waals surface area contributed by atoms with E-state index in [0.717, 1.165) is 13.0 Å². The van der Waals surface area contributed by atoms with Crippen molar-refractivity contribution < 1.29 is 4.79 Å². The van der Waals surface area contributed by atoms with E-state index in [1.165, 1.54) is 42.7 Å². The Morgan fingerprint density at radius 2 is 1.91 bits per heavy atom. The number of amides is 1. The number of rotatable bonds is 2. The van der Waals surface area contributed by atoms with Crippen LogP contribution in [0, 0.1) is 0 Å². The Morgan fingerprint density at radius 3 is 2.68 bits per heavy atom. The Morgan fingerprint density at radius 1 is 1.14 bits per heavy atom. The van der Waals surface area contributed by atoms with E-state index in [1.54, 1.807) is 11.8 Å². The topological polar surface area (TPSA) is 23.6 Å². The van der Waals surface area contributed by atoms with Crippen molar-refractivity contribution in [1.82, 2.24) is 9.80 Å². The molecule has 1 amide bonds. The van der Waals surface area contributed by atoms with Crippen molar-refractivity contribution in [2.45, 2.75) is 54.3 Å². The number of likely N-dealkylation sites (tertiary alicyclic amines) is 2. The van der Waals surface area contributed by atoms with Crippen LogP contribution in [0.2, 0.25) is 0 Å². The lowest BCUT2D eigenvalue weighted by Crippen LogP contribution is -2.49. The van der Waals surface area contributed by atoms with Gasteiger partial charge < -0.3 is 9.80 Å². The van der Waals surface area contributed by atoms with E-state index in [4.69, 9.17) is 0 Å². The summed E-state index contributed by atoms with van der Waals surface area (Å²) < 4.78 is 0. The second-order valence-corrected chi connectivity index (χ2v) is 8.09. The van der Waals surface area contributed by atoms with E-state index < -0.39 is 0 Å². The summed E-state index contributed by atoms with van der Waals surface area (Å²) in [7, 11) is 2.22. The molecule has 0 radical (unpaired) electrons. The third kappa shape index (κ3) is 2.46. The van der Waals surface area contributed by atoms with Gasteiger partial charge in [0.1, 0.15) is 0 Å². The van der Waals surface area contributed by atoms with Crippen LogP contribution in [0.3, 0.4) is 0 Å². The van der Waals surface area contributed by atoms with Gasteiger partial charge in [0.05, 0.1) is 5.25 Å². The fraction of sp³-hybridized carbons (Fsp3) is 0.611. The number of hydrogen-bond acceptors (Lipinski definition) is 3. The highest BCUT2D eigenvalue weighted by Gasteiger charge is 2.41. The van der Waals surface area contributed by atoms with E-state index in [-0.39, 0.29) is 5.25 Å². The Kier molecular flexibility index (Phi) is 3.91. The van der Waals surface area contributed by atoms with E-state index in [2.05, 4.69) is 41.1 Å². The van der Waals surface area contributed by atoms with E-state index >= 15 is 0 Å². The highest BCUT2D eigenvalue weighted by Crippen LogP contribution is 2.39. The first-order valence-corrected chi connectivity index (χ1v) is 9.37. The summed E-state index contributed by atoms with van der Waals surface area (Å²) in [5, 5.41) is 0.102. The molecule has 118 valence electrons. The van der Waals surface area contributed by atoms with Gasteiger partial charge in [-0.1, -0.05) is 18.2 Å². The molecule has 0 aromatic heterocycles. The van der Waals surface area contributed by atoms with Gasteiger partial charge in [0.25, 0.3) is 0 Å². The zero-order valence-corrected chi connectivity index (χ0v) is 14.0. The quantitative estimate of drug-likeness (QED) is 0.838. The summed E-state index contributed by atoms with van der Waals surface area (Å²) in [5.74, 6) is 0.379. The van der Waals surface area contributed by atoms with Crippen molar-refractivity contribution in [2.75, 3.05) is 20.1 Å². The molecule has 3 heterocycles. The van der Waals surface area contributed by atoms with Gasteiger partial charge in [0.15, 0.2) is 0 Å². The van der Waals surface area contributed by atoms with Gasteiger partial charge in [-0.05, 0) is 57.3 Å². The second kappa shape index (κ2) is 5.89. The number of likely N-dealkylation sites (N-methyl/N-ethyl adjacent to an activating group) is 1. The van der Waals surface area contributed by atoms with Crippen LogP contribution in [-0.2, 0) is 11.2 Å². The van der Waals surface area contributed by atoms with Crippen molar-refractivity contribution in [2.24, 2.45) is 0 Å². The van der Waals surface area contributed by atoms with Crippen LogP contribution in [0.15, 0.2) is 29.2 Å². The third-order valence-electron chi connectivity index (χ3n) is 5.53. The Balaban J connectivity index is 1.48. The zero-order chi connectivity index (χ0) is 15.1. The van der Waals surface area contributed by atoms with Crippen LogP contribution in [0.4, 0.5) is 0 Å². The summed E-state index contributed by atoms with van der Waals surface area (Å²) in [6, 6.07) is 9.51. The van der Waals surface area contributed by atoms with Gasteiger partial charge in [-0.25, -0.2) is 0 Å². The van der Waals surface area contributed by atoms with Crippen molar-refractivity contribution >= 4 is 17.7 Å². The molecule has 3 atom stereocenters. The molecule has 22 heavy (non-hydrogen) atoms. The summed E-state index contributed by atoms with van der Waals surface area (Å²) in [6.45, 7) is 2.15. The standard InChI is InChI=1S/C18H24N2OS/c1-19-10-4-7-14(19)15-8-5-11-20(15)18(21)17-12-13-6-2-3-9-16(13)22-17/h2-3,6,9,14-15,17H,4-5,7-8,10-12H2,1H3. The number of nitrogens with zero attached hydrogens (tertiary/aromatic N) is 2. The van der Waals surface area contributed by atoms with Crippen LogP contribution in [0.25, 0.3) is 0 Å². The zero-order valence-electron chi connectivity index (χ0n) is 13.2. The van der Waals surface area contributed by atoms with Crippen molar-refractivity contribution in [3.05, 3.63) is 29.8 Å². The summed E-state index contributed by atoms with van der Waals surface area (Å²) in [6.07, 6.45) is 5.80. The van der Waals surface area contributed by atoms with Gasteiger partial charge in [-0.3, -0.25) is 4.79 Å². The maximum absolute atomic E-state index is 13.1. The van der Waals surface area contributed by atoms with Crippen LogP contribution in [-0.4, -0.2) is 53.2 Å². The number of hydrogen-bond donors (Lipinski definition) is 0. The lowest BCUT2D eigenvalue weighted by molar-refractivity contribution is -0.132. The molecule has 4 rings (SSSR count). The maximum Gasteiger partial charge on any atom is 0.236 e. The number of carbonyl (C=O) groups is 1. The average Bonchev–Trinajstić information content (AvgIpc) is 3.24. The normalized spacial score (nSPS) is 31.7. The summed E-state index contributed by atoms with van der Waals surface area (Å²) >= 11 is 1.77. The molecule has 4 heteroatoms. The molecule has 2 saturated heterocycles. The fourth-order valence-corrected chi connectivity index (χ4v) is 5.66. The van der Waals surface area contributed by atoms with Gasteiger partial charge in [-0.15, -0.1) is 11.8 Å². The van der Waals surface area contributed by atoms with Crippen LogP contribution < -0.4 is 0 Å². The van der Waals surface area contributed by atoms with Crippen LogP contribution >= 0.6 is 11.8 Å². The molecular formula is C18H24N2OS. The Hall–Kier alpha value is -1.00. The monoisotopic (exact) mass is 316 g/mol. The van der Waals surface area contributed by atoms with Gasteiger partial charge in [0, 0.05) is 23.5 Å². The van der Waals surface area contributed by atoms with Crippen LogP contribution in [0.5, 0.6) is 0 Å². The lowest BCUT2D eigenvalue weighted by Gasteiger charge is -2.34. The summed E-state index contributed by atoms with van der Waals surface area (Å²) in [4.78, 5) is 19.1. The van der Waals surface area contributed by atoms with Crippen molar-refractivity contribution in [3.63, 3.8) is 0 Å². The lowest BCUT2D eigenvalue weighted by atomic mass is 10.0. The molecule has 1 aromatic rings. The minimum atomic E-state index is 0.102. The Bertz CT molecular complexity index is 551.